The van der Waals surface area contributed by atoms with E-state index in [0.717, 1.165) is 32.1 Å². The highest BCUT2D eigenvalue weighted by Gasteiger charge is 2.40. The van der Waals surface area contributed by atoms with Gasteiger partial charge in [0.1, 0.15) is 0 Å². The maximum Gasteiger partial charge on any atom is 0.305 e. The van der Waals surface area contributed by atoms with Crippen LogP contribution in [-0.2, 0) is 19.0 Å². The van der Waals surface area contributed by atoms with Crippen LogP contribution in [0.3, 0.4) is 0 Å². The first-order chi connectivity index (χ1) is 13.6. The maximum absolute atomic E-state index is 11.1. The van der Waals surface area contributed by atoms with Gasteiger partial charge in [-0.05, 0) is 31.6 Å². The van der Waals surface area contributed by atoms with Gasteiger partial charge in [-0.1, -0.05) is 50.5 Å². The zero-order valence-corrected chi connectivity index (χ0v) is 18.1. The van der Waals surface area contributed by atoms with E-state index in [4.69, 9.17) is 9.47 Å². The van der Waals surface area contributed by atoms with E-state index < -0.39 is 0 Å². The Morgan fingerprint density at radius 3 is 2.61 bits per heavy atom. The Balaban J connectivity index is 2.58. The molecule has 0 aromatic rings. The molecule has 1 fully saturated rings. The smallest absolute Gasteiger partial charge is 0.305 e. The highest BCUT2D eigenvalue weighted by Crippen LogP contribution is 2.38. The number of allylic oxidation sites excluding steroid dienone is 2. The Hall–Kier alpha value is -1.17. The van der Waals surface area contributed by atoms with Gasteiger partial charge in [0.25, 0.3) is 0 Å². The van der Waals surface area contributed by atoms with Crippen LogP contribution in [0.5, 0.6) is 0 Å². The van der Waals surface area contributed by atoms with Crippen molar-refractivity contribution in [3.63, 3.8) is 0 Å². The fraction of sp³-hybridized carbons (Fsp3) is 0.783. The Morgan fingerprint density at radius 1 is 1.18 bits per heavy atom. The molecular formula is C23H40O5. The van der Waals surface area contributed by atoms with Crippen molar-refractivity contribution in [2.24, 2.45) is 11.8 Å². The lowest BCUT2D eigenvalue weighted by molar-refractivity contribution is -0.140. The summed E-state index contributed by atoms with van der Waals surface area (Å²) in [5.74, 6) is 0.161. The van der Waals surface area contributed by atoms with E-state index in [-0.39, 0.29) is 36.1 Å². The van der Waals surface area contributed by atoms with Crippen LogP contribution in [0.15, 0.2) is 24.3 Å². The van der Waals surface area contributed by atoms with Crippen molar-refractivity contribution in [3.8, 4) is 0 Å². The summed E-state index contributed by atoms with van der Waals surface area (Å²) in [6.45, 7) is 2.20. The summed E-state index contributed by atoms with van der Waals surface area (Å²) in [5.41, 5.74) is 0. The van der Waals surface area contributed by atoms with Gasteiger partial charge in [0.2, 0.25) is 0 Å². The molecule has 0 radical (unpaired) electrons. The molecule has 0 bridgehead atoms. The molecule has 1 N–H and O–H groups in total. The number of ether oxygens (including phenoxy) is 3. The molecule has 5 nitrogen and oxygen atoms in total. The van der Waals surface area contributed by atoms with E-state index in [1.54, 1.807) is 14.2 Å². The molecule has 5 heteroatoms. The fourth-order valence-corrected chi connectivity index (χ4v) is 3.91. The van der Waals surface area contributed by atoms with Gasteiger partial charge in [-0.3, -0.25) is 4.79 Å². The Labute approximate surface area is 171 Å². The second-order valence-corrected chi connectivity index (χ2v) is 7.65. The third-order valence-corrected chi connectivity index (χ3v) is 5.69. The number of methoxy groups -OCH3 is 3. The van der Waals surface area contributed by atoms with Crippen LogP contribution in [-0.4, -0.2) is 50.7 Å². The summed E-state index contributed by atoms with van der Waals surface area (Å²) >= 11 is 0. The highest BCUT2D eigenvalue weighted by atomic mass is 16.5. The second-order valence-electron chi connectivity index (χ2n) is 7.65. The molecule has 0 aliphatic heterocycles. The van der Waals surface area contributed by atoms with Crippen LogP contribution in [0.2, 0.25) is 0 Å². The van der Waals surface area contributed by atoms with Gasteiger partial charge in [-0.15, -0.1) is 0 Å². The van der Waals surface area contributed by atoms with Gasteiger partial charge in [-0.25, -0.2) is 0 Å². The first-order valence-corrected chi connectivity index (χ1v) is 10.7. The topological polar surface area (TPSA) is 65.0 Å². The van der Waals surface area contributed by atoms with E-state index in [2.05, 4.69) is 36.0 Å². The lowest BCUT2D eigenvalue weighted by Gasteiger charge is -2.22. The maximum atomic E-state index is 11.1. The predicted molar refractivity (Wildman–Crippen MR) is 112 cm³/mol. The third kappa shape index (κ3) is 8.89. The molecule has 0 spiro atoms. The molecular weight excluding hydrogens is 356 g/mol. The number of rotatable bonds is 14. The van der Waals surface area contributed by atoms with E-state index >= 15 is 0 Å². The van der Waals surface area contributed by atoms with Gasteiger partial charge in [0.15, 0.2) is 0 Å². The van der Waals surface area contributed by atoms with Gasteiger partial charge < -0.3 is 19.3 Å². The number of carbonyl (C=O) groups excluding carboxylic acids is 1. The molecule has 0 amide bonds. The molecule has 5 atom stereocenters. The third-order valence-electron chi connectivity index (χ3n) is 5.69. The average Bonchev–Trinajstić information content (AvgIpc) is 3.01. The molecule has 0 aromatic carbocycles. The quantitative estimate of drug-likeness (QED) is 0.267. The summed E-state index contributed by atoms with van der Waals surface area (Å²) in [4.78, 5) is 11.1. The van der Waals surface area contributed by atoms with Gasteiger partial charge in [-0.2, -0.15) is 0 Å². The average molecular weight is 397 g/mol. The summed E-state index contributed by atoms with van der Waals surface area (Å²) < 4.78 is 15.9. The molecule has 0 saturated heterocycles. The number of carbonyl (C=O) groups is 1. The van der Waals surface area contributed by atoms with Gasteiger partial charge >= 0.3 is 5.97 Å². The van der Waals surface area contributed by atoms with Crippen molar-refractivity contribution in [2.45, 2.75) is 83.0 Å². The van der Waals surface area contributed by atoms with Crippen molar-refractivity contribution >= 4 is 5.97 Å². The predicted octanol–water partition coefficient (Wildman–Crippen LogP) is 4.44. The molecule has 0 heterocycles. The SMILES string of the molecule is CCCCCC(C=CC1C(OC)CC(O)C1CC=CCCCC(=O)OC)OC. The number of hydrogen-bond acceptors (Lipinski definition) is 5. The summed E-state index contributed by atoms with van der Waals surface area (Å²) in [6.07, 6.45) is 16.5. The minimum absolute atomic E-state index is 0.0390. The molecule has 1 aliphatic carbocycles. The highest BCUT2D eigenvalue weighted by molar-refractivity contribution is 5.69. The van der Waals surface area contributed by atoms with Crippen LogP contribution in [0, 0.1) is 11.8 Å². The number of esters is 1. The van der Waals surface area contributed by atoms with Crippen LogP contribution in [0.25, 0.3) is 0 Å². The van der Waals surface area contributed by atoms with Crippen molar-refractivity contribution in [2.75, 3.05) is 21.3 Å². The zero-order valence-electron chi connectivity index (χ0n) is 18.1. The van der Waals surface area contributed by atoms with E-state index in [1.165, 1.54) is 20.0 Å². The molecule has 5 unspecified atom stereocenters. The lowest BCUT2D eigenvalue weighted by Crippen LogP contribution is -2.21. The van der Waals surface area contributed by atoms with Crippen LogP contribution < -0.4 is 0 Å². The monoisotopic (exact) mass is 396 g/mol. The molecule has 28 heavy (non-hydrogen) atoms. The van der Waals surface area contributed by atoms with Crippen molar-refractivity contribution in [3.05, 3.63) is 24.3 Å². The summed E-state index contributed by atoms with van der Waals surface area (Å²) in [6, 6.07) is 0. The zero-order chi connectivity index (χ0) is 20.8. The Morgan fingerprint density at radius 2 is 1.96 bits per heavy atom. The van der Waals surface area contributed by atoms with E-state index in [0.29, 0.717) is 12.8 Å². The standard InChI is InChI=1S/C23H40O5/c1-5-6-9-12-18(26-2)15-16-20-19(21(24)17-22(20)27-3)13-10-7-8-11-14-23(25)28-4/h7,10,15-16,18-22,24H,5-6,8-9,11-14,17H2,1-4H3. The van der Waals surface area contributed by atoms with Crippen molar-refractivity contribution < 1.29 is 24.1 Å². The molecule has 1 saturated carbocycles. The number of unbranched alkanes of at least 4 members (excludes halogenated alkanes) is 3. The molecule has 1 aliphatic rings. The first kappa shape index (κ1) is 24.9. The van der Waals surface area contributed by atoms with E-state index in [1.807, 2.05) is 0 Å². The summed E-state index contributed by atoms with van der Waals surface area (Å²) in [5, 5.41) is 10.5. The fourth-order valence-electron chi connectivity index (χ4n) is 3.91. The minimum atomic E-state index is -0.361. The second kappa shape index (κ2) is 14.8. The summed E-state index contributed by atoms with van der Waals surface area (Å²) in [7, 11) is 4.89. The normalized spacial score (nSPS) is 26.3. The lowest BCUT2D eigenvalue weighted by atomic mass is 9.89. The van der Waals surface area contributed by atoms with Crippen LogP contribution in [0.1, 0.15) is 64.7 Å². The largest absolute Gasteiger partial charge is 0.469 e. The van der Waals surface area contributed by atoms with Crippen molar-refractivity contribution in [1.82, 2.24) is 0 Å². The van der Waals surface area contributed by atoms with Crippen molar-refractivity contribution in [1.29, 1.82) is 0 Å². The number of aliphatic hydroxyl groups excluding tert-OH is 1. The number of aliphatic hydroxyl groups is 1. The van der Waals surface area contributed by atoms with Crippen LogP contribution >= 0.6 is 0 Å². The first-order valence-electron chi connectivity index (χ1n) is 10.7. The Kier molecular flexibility index (Phi) is 13.1. The Bertz CT molecular complexity index is 474. The van der Waals surface area contributed by atoms with E-state index in [9.17, 15) is 9.90 Å². The molecule has 162 valence electrons. The van der Waals surface area contributed by atoms with Gasteiger partial charge in [0.05, 0.1) is 25.4 Å². The van der Waals surface area contributed by atoms with Crippen LogP contribution in [0.4, 0.5) is 0 Å². The molecule has 0 aromatic heterocycles. The minimum Gasteiger partial charge on any atom is -0.469 e. The van der Waals surface area contributed by atoms with Gasteiger partial charge in [0, 0.05) is 33.0 Å². The number of hydrogen-bond donors (Lipinski definition) is 1. The molecule has 1 rings (SSSR count).